The van der Waals surface area contributed by atoms with E-state index in [0.29, 0.717) is 18.9 Å². The molecule has 1 atom stereocenters. The van der Waals surface area contributed by atoms with Gasteiger partial charge in [0.25, 0.3) is 0 Å². The second-order valence-corrected chi connectivity index (χ2v) is 13.3. The van der Waals surface area contributed by atoms with E-state index in [9.17, 15) is 9.59 Å². The van der Waals surface area contributed by atoms with Crippen molar-refractivity contribution in [2.24, 2.45) is 5.92 Å². The highest BCUT2D eigenvalue weighted by Gasteiger charge is 2.35. The van der Waals surface area contributed by atoms with E-state index in [-0.39, 0.29) is 29.6 Å². The van der Waals surface area contributed by atoms with Gasteiger partial charge in [-0.05, 0) is 116 Å². The lowest BCUT2D eigenvalue weighted by Crippen LogP contribution is -2.41. The van der Waals surface area contributed by atoms with Crippen molar-refractivity contribution >= 4 is 55.2 Å². The topological polar surface area (TPSA) is 62.3 Å². The summed E-state index contributed by atoms with van der Waals surface area (Å²) in [6.45, 7) is 8.35. The maximum Gasteiger partial charge on any atom is 0.227 e. The highest BCUT2D eigenvalue weighted by molar-refractivity contribution is 9.10. The zero-order chi connectivity index (χ0) is 26.0. The fraction of sp³-hybridized carbons (Fsp3) is 0.536. The van der Waals surface area contributed by atoms with Gasteiger partial charge in [0.1, 0.15) is 5.78 Å². The Morgan fingerprint density at radius 2 is 1.81 bits per heavy atom. The average molecular weight is 640 g/mol. The normalized spacial score (nSPS) is 18.8. The van der Waals surface area contributed by atoms with Gasteiger partial charge in [0, 0.05) is 44.6 Å². The lowest BCUT2D eigenvalue weighted by molar-refractivity contribution is -0.129. The summed E-state index contributed by atoms with van der Waals surface area (Å²) in [5.74, 6) is 0.473. The van der Waals surface area contributed by atoms with Crippen LogP contribution >= 0.6 is 43.5 Å². The molecule has 1 aliphatic carbocycles. The van der Waals surface area contributed by atoms with Crippen LogP contribution < -0.4 is 5.32 Å². The summed E-state index contributed by atoms with van der Waals surface area (Å²) < 4.78 is 2.08. The van der Waals surface area contributed by atoms with Crippen LogP contribution in [-0.4, -0.2) is 46.7 Å². The maximum atomic E-state index is 12.4. The van der Waals surface area contributed by atoms with E-state index in [4.69, 9.17) is 16.6 Å². The molecule has 1 N–H and O–H groups in total. The first-order valence-corrected chi connectivity index (χ1v) is 14.6. The third-order valence-electron chi connectivity index (χ3n) is 7.10. The van der Waals surface area contributed by atoms with E-state index in [1.54, 1.807) is 0 Å². The van der Waals surface area contributed by atoms with Crippen molar-refractivity contribution in [3.8, 4) is 0 Å². The van der Waals surface area contributed by atoms with Crippen molar-refractivity contribution in [2.45, 2.75) is 70.8 Å². The van der Waals surface area contributed by atoms with Crippen molar-refractivity contribution in [3.05, 3.63) is 60.7 Å². The van der Waals surface area contributed by atoms with Crippen LogP contribution in [0.25, 0.3) is 0 Å². The molecular formula is C28H34Br2ClN3O2. The molecule has 1 amide bonds. The van der Waals surface area contributed by atoms with Gasteiger partial charge in [0.05, 0.1) is 12.1 Å². The Balaban J connectivity index is 1.44. The van der Waals surface area contributed by atoms with E-state index >= 15 is 0 Å². The number of hydrogen-bond acceptors (Lipinski definition) is 4. The Hall–Kier alpha value is -1.28. The van der Waals surface area contributed by atoms with Gasteiger partial charge in [-0.3, -0.25) is 14.6 Å². The van der Waals surface area contributed by atoms with Crippen molar-refractivity contribution < 1.29 is 9.59 Å². The molecule has 36 heavy (non-hydrogen) atoms. The Labute approximate surface area is 236 Å². The molecule has 2 aromatic rings. The summed E-state index contributed by atoms with van der Waals surface area (Å²) in [5.41, 5.74) is 4.79. The molecule has 1 saturated heterocycles. The van der Waals surface area contributed by atoms with Gasteiger partial charge in [-0.2, -0.15) is 0 Å². The lowest BCUT2D eigenvalue weighted by Gasteiger charge is -2.37. The molecule has 8 heteroatoms. The first-order valence-electron chi connectivity index (χ1n) is 12.7. The maximum absolute atomic E-state index is 12.4. The van der Waals surface area contributed by atoms with Crippen LogP contribution in [0.2, 0.25) is 5.02 Å². The van der Waals surface area contributed by atoms with Gasteiger partial charge in [-0.1, -0.05) is 27.5 Å². The molecule has 0 saturated carbocycles. The summed E-state index contributed by atoms with van der Waals surface area (Å²) in [4.78, 5) is 31.7. The smallest absolute Gasteiger partial charge is 0.227 e. The van der Waals surface area contributed by atoms with E-state index in [1.807, 2.05) is 33.0 Å². The Morgan fingerprint density at radius 1 is 1.11 bits per heavy atom. The number of nitrogens with zero attached hydrogens (tertiary/aromatic N) is 2. The largest absolute Gasteiger partial charge is 0.351 e. The standard InChI is InChI=1S/C28H34Br2ClN3O2/c1-28(2,3)33-24(36)15-22(35)8-11-34-9-6-17(7-10-34)26-25-18(13-21(31)14-23(25)30)4-5-19-12-20(29)16-32-27(19)26/h12-14,16-17,26H,4-11,15H2,1-3H3,(H,33,36). The number of aromatic nitrogens is 1. The summed E-state index contributed by atoms with van der Waals surface area (Å²) in [7, 11) is 0. The van der Waals surface area contributed by atoms with E-state index < -0.39 is 0 Å². The minimum atomic E-state index is -0.320. The zero-order valence-corrected chi connectivity index (χ0v) is 25.1. The zero-order valence-electron chi connectivity index (χ0n) is 21.2. The van der Waals surface area contributed by atoms with Gasteiger partial charge in [-0.15, -0.1) is 0 Å². The number of hydrogen-bond donors (Lipinski definition) is 1. The number of Topliss-reactive ketones (excluding diaryl/α,β-unsaturated/α-hetero) is 1. The molecule has 0 bridgehead atoms. The predicted octanol–water partition coefficient (Wildman–Crippen LogP) is 6.47. The van der Waals surface area contributed by atoms with Crippen LogP contribution in [-0.2, 0) is 22.4 Å². The molecule has 0 radical (unpaired) electrons. The van der Waals surface area contributed by atoms with Crippen LogP contribution in [0, 0.1) is 5.92 Å². The SMILES string of the molecule is CC(C)(C)NC(=O)CC(=O)CCN1CCC(C2c3ncc(Br)cc3CCc3cc(Cl)cc(Br)c32)CC1. The third kappa shape index (κ3) is 6.97. The number of rotatable bonds is 6. The van der Waals surface area contributed by atoms with E-state index in [1.165, 1.54) is 22.4 Å². The number of amides is 1. The van der Waals surface area contributed by atoms with Gasteiger partial charge in [0.2, 0.25) is 5.91 Å². The van der Waals surface area contributed by atoms with Gasteiger partial charge in [-0.25, -0.2) is 0 Å². The Bertz CT molecular complexity index is 1140. The highest BCUT2D eigenvalue weighted by Crippen LogP contribution is 2.46. The number of halogens is 3. The van der Waals surface area contributed by atoms with Gasteiger partial charge in [0.15, 0.2) is 0 Å². The van der Waals surface area contributed by atoms with Gasteiger partial charge < -0.3 is 10.2 Å². The van der Waals surface area contributed by atoms with Crippen molar-refractivity contribution in [3.63, 3.8) is 0 Å². The first-order chi connectivity index (χ1) is 17.0. The average Bonchev–Trinajstić information content (AvgIpc) is 2.93. The fourth-order valence-electron chi connectivity index (χ4n) is 5.55. The second-order valence-electron chi connectivity index (χ2n) is 11.1. The number of ketones is 1. The molecule has 1 fully saturated rings. The van der Waals surface area contributed by atoms with Gasteiger partial charge >= 0.3 is 0 Å². The molecule has 1 aliphatic heterocycles. The summed E-state index contributed by atoms with van der Waals surface area (Å²) in [6, 6.07) is 6.34. The number of likely N-dealkylation sites (tertiary alicyclic amines) is 1. The minimum Gasteiger partial charge on any atom is -0.351 e. The van der Waals surface area contributed by atoms with Crippen LogP contribution in [0.5, 0.6) is 0 Å². The number of fused-ring (bicyclic) bond motifs is 2. The third-order valence-corrected chi connectivity index (χ3v) is 8.41. The minimum absolute atomic E-state index is 0.00100. The number of aryl methyl sites for hydroxylation is 2. The van der Waals surface area contributed by atoms with Crippen molar-refractivity contribution in [1.82, 2.24) is 15.2 Å². The monoisotopic (exact) mass is 637 g/mol. The predicted molar refractivity (Wildman–Crippen MR) is 152 cm³/mol. The Kier molecular flexibility index (Phi) is 8.96. The molecule has 0 spiro atoms. The van der Waals surface area contributed by atoms with E-state index in [0.717, 1.165) is 52.7 Å². The van der Waals surface area contributed by atoms with Crippen LogP contribution in [0.4, 0.5) is 0 Å². The summed E-state index contributed by atoms with van der Waals surface area (Å²) >= 11 is 13.9. The highest BCUT2D eigenvalue weighted by atomic mass is 79.9. The fourth-order valence-corrected chi connectivity index (χ4v) is 7.05. The van der Waals surface area contributed by atoms with Crippen LogP contribution in [0.1, 0.15) is 74.8 Å². The summed E-state index contributed by atoms with van der Waals surface area (Å²) in [5, 5.41) is 3.63. The molecule has 1 aromatic carbocycles. The Morgan fingerprint density at radius 3 is 2.50 bits per heavy atom. The molecule has 1 unspecified atom stereocenters. The van der Waals surface area contributed by atoms with Crippen molar-refractivity contribution in [2.75, 3.05) is 19.6 Å². The number of benzene rings is 1. The molecule has 1 aromatic heterocycles. The molecule has 2 heterocycles. The molecule has 5 nitrogen and oxygen atoms in total. The molecule has 194 valence electrons. The van der Waals surface area contributed by atoms with Crippen LogP contribution in [0.3, 0.4) is 0 Å². The first kappa shape index (κ1) is 27.7. The number of piperidine rings is 1. The molecule has 4 rings (SSSR count). The number of pyridine rings is 1. The van der Waals surface area contributed by atoms with Crippen molar-refractivity contribution in [1.29, 1.82) is 0 Å². The summed E-state index contributed by atoms with van der Waals surface area (Å²) in [6.07, 6.45) is 6.25. The second kappa shape index (κ2) is 11.6. The lowest BCUT2D eigenvalue weighted by atomic mass is 9.76. The number of nitrogens with one attached hydrogen (secondary N) is 1. The number of carbonyl (C=O) groups excluding carboxylic acids is 2. The molecular weight excluding hydrogens is 606 g/mol. The number of carbonyl (C=O) groups is 2. The molecule has 2 aliphatic rings. The van der Waals surface area contributed by atoms with Crippen LogP contribution in [0.15, 0.2) is 33.3 Å². The quantitative estimate of drug-likeness (QED) is 0.369. The van der Waals surface area contributed by atoms with E-state index in [2.05, 4.69) is 54.2 Å².